The number of carbonyl (C=O) groups excluding carboxylic acids is 1. The fourth-order valence-corrected chi connectivity index (χ4v) is 1.04. The second kappa shape index (κ2) is 7.84. The van der Waals surface area contributed by atoms with Crippen LogP contribution in [0, 0.1) is 0 Å². The summed E-state index contributed by atoms with van der Waals surface area (Å²) >= 11 is 0. The Morgan fingerprint density at radius 2 is 2.00 bits per heavy atom. The van der Waals surface area contributed by atoms with Gasteiger partial charge in [-0.1, -0.05) is 18.2 Å². The van der Waals surface area contributed by atoms with Crippen molar-refractivity contribution in [2.24, 2.45) is 5.73 Å². The second-order valence-electron chi connectivity index (χ2n) is 3.02. The molecule has 0 aliphatic carbocycles. The molecule has 1 aromatic carbocycles. The van der Waals surface area contributed by atoms with E-state index in [-0.39, 0.29) is 31.4 Å². The highest BCUT2D eigenvalue weighted by molar-refractivity contribution is 5.94. The van der Waals surface area contributed by atoms with Gasteiger partial charge in [0.05, 0.1) is 6.33 Å². The highest BCUT2D eigenvalue weighted by Crippen LogP contribution is 1.98. The van der Waals surface area contributed by atoms with Crippen LogP contribution in [0.3, 0.4) is 0 Å². The van der Waals surface area contributed by atoms with Crippen molar-refractivity contribution in [3.8, 4) is 0 Å². The van der Waals surface area contributed by atoms with Crippen molar-refractivity contribution in [3.63, 3.8) is 0 Å². The first-order chi connectivity index (χ1) is 7.27. The van der Waals surface area contributed by atoms with Gasteiger partial charge in [0.25, 0.3) is 5.91 Å². The minimum Gasteiger partial charge on any atom is -0.348 e. The van der Waals surface area contributed by atoms with Crippen LogP contribution in [-0.4, -0.2) is 19.0 Å². The zero-order chi connectivity index (χ0) is 11.1. The third kappa shape index (κ3) is 4.42. The molecule has 0 bridgehead atoms. The van der Waals surface area contributed by atoms with E-state index in [1.165, 1.54) is 0 Å². The Hall–Kier alpha value is -1.39. The molecular weight excluding hydrogens is 231 g/mol. The maximum atomic E-state index is 12.1. The highest BCUT2D eigenvalue weighted by Gasteiger charge is 2.04. The average Bonchev–Trinajstić information content (AvgIpc) is 2.31. The molecule has 0 unspecified atom stereocenters. The van der Waals surface area contributed by atoms with Crippen LogP contribution < -0.4 is 11.1 Å². The molecule has 88 valence electrons. The molecule has 0 aliphatic rings. The van der Waals surface area contributed by atoms with Gasteiger partial charge in [0.2, 0.25) is 0 Å². The summed E-state index contributed by atoms with van der Waals surface area (Å²) in [5.41, 5.74) is 6.16. The molecule has 16 heavy (non-hydrogen) atoms. The molecule has 0 saturated carbocycles. The van der Waals surface area contributed by atoms with Crippen molar-refractivity contribution in [2.45, 2.75) is 0 Å². The number of halogens is 2. The van der Waals surface area contributed by atoms with Crippen molar-refractivity contribution >= 4 is 18.3 Å². The lowest BCUT2D eigenvalue weighted by Crippen LogP contribution is -2.27. The number of nitrogens with one attached hydrogen (secondary N) is 1. The molecule has 1 rings (SSSR count). The predicted octanol–water partition coefficient (Wildman–Crippen LogP) is 1.65. The summed E-state index contributed by atoms with van der Waals surface area (Å²) in [5.74, 6) is -0.233. The molecule has 5 heteroatoms. The normalized spacial score (nSPS) is 10.5. The van der Waals surface area contributed by atoms with E-state index in [1.54, 1.807) is 24.3 Å². The molecule has 1 amide bonds. The van der Waals surface area contributed by atoms with Crippen LogP contribution >= 0.6 is 12.4 Å². The third-order valence-electron chi connectivity index (χ3n) is 1.93. The van der Waals surface area contributed by atoms with E-state index in [2.05, 4.69) is 5.32 Å². The van der Waals surface area contributed by atoms with Gasteiger partial charge in [0.15, 0.2) is 0 Å². The first-order valence-electron chi connectivity index (χ1n) is 4.59. The molecule has 0 aromatic heterocycles. The van der Waals surface area contributed by atoms with Crippen LogP contribution in [-0.2, 0) is 0 Å². The molecule has 0 aliphatic heterocycles. The molecule has 0 spiro atoms. The Morgan fingerprint density at radius 1 is 1.38 bits per heavy atom. The smallest absolute Gasteiger partial charge is 0.251 e. The van der Waals surface area contributed by atoms with Crippen LogP contribution in [0.2, 0.25) is 0 Å². The van der Waals surface area contributed by atoms with Gasteiger partial charge in [-0.15, -0.1) is 12.4 Å². The largest absolute Gasteiger partial charge is 0.348 e. The standard InChI is InChI=1S/C11H13FN2O.ClH/c12-6-9(7-13)8-14-11(15)10-4-2-1-3-5-10;/h1-6H,7-8,13H2,(H,14,15);1H. The summed E-state index contributed by atoms with van der Waals surface area (Å²) < 4.78 is 12.1. The lowest BCUT2D eigenvalue weighted by atomic mass is 10.2. The Balaban J connectivity index is 0.00000225. The molecule has 3 nitrogen and oxygen atoms in total. The summed E-state index contributed by atoms with van der Waals surface area (Å²) in [7, 11) is 0. The maximum Gasteiger partial charge on any atom is 0.251 e. The van der Waals surface area contributed by atoms with Crippen molar-refractivity contribution in [1.29, 1.82) is 0 Å². The van der Waals surface area contributed by atoms with E-state index in [9.17, 15) is 9.18 Å². The quantitative estimate of drug-likeness (QED) is 0.846. The Labute approximate surface area is 99.9 Å². The fourth-order valence-electron chi connectivity index (χ4n) is 1.04. The van der Waals surface area contributed by atoms with Gasteiger partial charge in [0.1, 0.15) is 0 Å². The van der Waals surface area contributed by atoms with Gasteiger partial charge in [-0.25, -0.2) is 4.39 Å². The SMILES string of the molecule is Cl.NCC(=CF)CNC(=O)c1ccccc1. The number of nitrogens with two attached hydrogens (primary N) is 1. The first kappa shape index (κ1) is 14.6. The van der Waals surface area contributed by atoms with E-state index in [0.29, 0.717) is 17.5 Å². The summed E-state index contributed by atoms with van der Waals surface area (Å²) in [6, 6.07) is 8.74. The summed E-state index contributed by atoms with van der Waals surface area (Å²) in [6.45, 7) is 0.242. The minimum atomic E-state index is -0.233. The van der Waals surface area contributed by atoms with Crippen molar-refractivity contribution < 1.29 is 9.18 Å². The van der Waals surface area contributed by atoms with Crippen LogP contribution in [0.4, 0.5) is 4.39 Å². The number of rotatable bonds is 4. The molecule has 3 N–H and O–H groups in total. The zero-order valence-corrected chi connectivity index (χ0v) is 9.47. The molecule has 0 saturated heterocycles. The predicted molar refractivity (Wildman–Crippen MR) is 64.3 cm³/mol. The van der Waals surface area contributed by atoms with E-state index in [1.807, 2.05) is 6.07 Å². The van der Waals surface area contributed by atoms with Gasteiger partial charge in [-0.3, -0.25) is 4.79 Å². The molecule has 0 atom stereocenters. The Kier molecular flexibility index (Phi) is 7.16. The monoisotopic (exact) mass is 244 g/mol. The van der Waals surface area contributed by atoms with Crippen molar-refractivity contribution in [1.82, 2.24) is 5.32 Å². The minimum absolute atomic E-state index is 0. The number of hydrogen-bond donors (Lipinski definition) is 2. The third-order valence-corrected chi connectivity index (χ3v) is 1.93. The van der Waals surface area contributed by atoms with Crippen LogP contribution in [0.5, 0.6) is 0 Å². The van der Waals surface area contributed by atoms with Gasteiger partial charge in [-0.2, -0.15) is 0 Å². The molecule has 0 radical (unpaired) electrons. The van der Waals surface area contributed by atoms with Crippen molar-refractivity contribution in [3.05, 3.63) is 47.8 Å². The van der Waals surface area contributed by atoms with E-state index < -0.39 is 0 Å². The van der Waals surface area contributed by atoms with Crippen molar-refractivity contribution in [2.75, 3.05) is 13.1 Å². The summed E-state index contributed by atoms with van der Waals surface area (Å²) in [5, 5.41) is 2.57. The average molecular weight is 245 g/mol. The van der Waals surface area contributed by atoms with Crippen LogP contribution in [0.1, 0.15) is 10.4 Å². The number of hydrogen-bond acceptors (Lipinski definition) is 2. The number of benzene rings is 1. The summed E-state index contributed by atoms with van der Waals surface area (Å²) in [6.07, 6.45) is 0.422. The van der Waals surface area contributed by atoms with Crippen LogP contribution in [0.15, 0.2) is 42.2 Å². The van der Waals surface area contributed by atoms with Gasteiger partial charge in [-0.05, 0) is 17.7 Å². The highest BCUT2D eigenvalue weighted by atomic mass is 35.5. The van der Waals surface area contributed by atoms with Gasteiger partial charge < -0.3 is 11.1 Å². The Morgan fingerprint density at radius 3 is 2.50 bits per heavy atom. The lowest BCUT2D eigenvalue weighted by Gasteiger charge is -2.05. The summed E-state index contributed by atoms with van der Waals surface area (Å²) in [4.78, 5) is 11.5. The number of carbonyl (C=O) groups is 1. The number of amides is 1. The van der Waals surface area contributed by atoms with E-state index in [0.717, 1.165) is 0 Å². The lowest BCUT2D eigenvalue weighted by molar-refractivity contribution is 0.0957. The van der Waals surface area contributed by atoms with Gasteiger partial charge in [0, 0.05) is 18.7 Å². The zero-order valence-electron chi connectivity index (χ0n) is 8.65. The molecular formula is C11H14ClFN2O. The van der Waals surface area contributed by atoms with Gasteiger partial charge >= 0.3 is 0 Å². The van der Waals surface area contributed by atoms with E-state index in [4.69, 9.17) is 5.73 Å². The second-order valence-corrected chi connectivity index (χ2v) is 3.02. The fraction of sp³-hybridized carbons (Fsp3) is 0.182. The molecule has 1 aromatic rings. The topological polar surface area (TPSA) is 55.1 Å². The molecule has 0 heterocycles. The first-order valence-corrected chi connectivity index (χ1v) is 4.59. The van der Waals surface area contributed by atoms with E-state index >= 15 is 0 Å². The Bertz CT molecular complexity index is 354. The molecule has 0 fully saturated rings. The van der Waals surface area contributed by atoms with Crippen LogP contribution in [0.25, 0.3) is 0 Å². The maximum absolute atomic E-state index is 12.1.